The molecule has 2 fully saturated rings. The molecule has 5 aromatic rings. The van der Waals surface area contributed by atoms with Gasteiger partial charge in [-0.1, -0.05) is 42.4 Å². The van der Waals surface area contributed by atoms with Crippen molar-refractivity contribution in [1.82, 2.24) is 34.1 Å². The van der Waals surface area contributed by atoms with Crippen molar-refractivity contribution < 1.29 is 9.36 Å². The third kappa shape index (κ3) is 6.43. The number of aromatic nitrogens is 7. The molecule has 17 heteroatoms. The number of Topliss-reactive ketones (excluding diaryl/α,β-unsaturated/α-hetero) is 1. The molecule has 2 atom stereocenters. The first-order valence-electron chi connectivity index (χ1n) is 15.9. The maximum atomic E-state index is 13.4. The Morgan fingerprint density at radius 3 is 2.44 bits per heavy atom. The van der Waals surface area contributed by atoms with Gasteiger partial charge in [-0.15, -0.1) is 12.4 Å². The summed E-state index contributed by atoms with van der Waals surface area (Å²) in [5, 5.41) is 4.67. The molecule has 1 spiro atoms. The highest BCUT2D eigenvalue weighted by molar-refractivity contribution is 7.99. The molecular weight excluding hydrogens is 718 g/mol. The van der Waals surface area contributed by atoms with E-state index in [1.54, 1.807) is 75.5 Å². The normalized spacial score (nSPS) is 18.8. The number of pyridine rings is 1. The predicted octanol–water partition coefficient (Wildman–Crippen LogP) is 5.05. The van der Waals surface area contributed by atoms with Crippen molar-refractivity contribution in [2.75, 3.05) is 36.6 Å². The lowest BCUT2D eigenvalue weighted by Gasteiger charge is -2.42. The quantitative estimate of drug-likeness (QED) is 0.213. The zero-order valence-electron chi connectivity index (χ0n) is 27.9. The summed E-state index contributed by atoms with van der Waals surface area (Å²) < 4.78 is 16.0. The molecule has 7 rings (SSSR count). The van der Waals surface area contributed by atoms with Crippen molar-refractivity contribution >= 4 is 82.7 Å². The number of carbonyl (C=O) groups excluding carboxylic acids is 1. The Balaban J connectivity index is 0.00000432. The van der Waals surface area contributed by atoms with E-state index in [0.717, 1.165) is 31.7 Å². The molecule has 1 aliphatic heterocycles. The number of para-hydroxylation sites is 1. The minimum atomic E-state index is -2.72. The van der Waals surface area contributed by atoms with Gasteiger partial charge in [-0.05, 0) is 49.8 Å². The Bertz CT molecular complexity index is 2200. The lowest BCUT2D eigenvalue weighted by molar-refractivity contribution is -0.120. The van der Waals surface area contributed by atoms with E-state index in [0.29, 0.717) is 49.3 Å². The summed E-state index contributed by atoms with van der Waals surface area (Å²) in [6, 6.07) is 8.82. The van der Waals surface area contributed by atoms with E-state index in [2.05, 4.69) is 35.1 Å². The molecule has 2 aliphatic rings. The Labute approximate surface area is 304 Å². The monoisotopic (exact) mass is 754 g/mol. The van der Waals surface area contributed by atoms with Crippen molar-refractivity contribution in [2.24, 2.45) is 24.1 Å². The average Bonchev–Trinajstić information content (AvgIpc) is 3.45. The van der Waals surface area contributed by atoms with Gasteiger partial charge in [0.05, 0.1) is 29.3 Å². The molecule has 4 aromatic heterocycles. The molecule has 262 valence electrons. The van der Waals surface area contributed by atoms with Crippen LogP contribution in [-0.4, -0.2) is 72.3 Å². The van der Waals surface area contributed by atoms with Crippen LogP contribution in [0, 0.1) is 11.3 Å². The number of hydrogen-bond acceptors (Lipinski definition) is 12. The number of carbonyl (C=O) groups is 1. The summed E-state index contributed by atoms with van der Waals surface area (Å²) in [6.45, 7) is 6.84. The summed E-state index contributed by atoms with van der Waals surface area (Å²) in [5.41, 5.74) is 7.39. The van der Waals surface area contributed by atoms with Gasteiger partial charge in [-0.25, -0.2) is 29.3 Å². The second kappa shape index (κ2) is 13.7. The summed E-state index contributed by atoms with van der Waals surface area (Å²) in [6.07, 6.45) is 8.93. The number of ketones is 1. The smallest absolute Gasteiger partial charge is 0.334 e. The van der Waals surface area contributed by atoms with E-state index in [9.17, 15) is 14.2 Å². The number of piperidine rings is 1. The maximum absolute atomic E-state index is 13.4. The van der Waals surface area contributed by atoms with Crippen LogP contribution in [0.25, 0.3) is 16.9 Å². The van der Waals surface area contributed by atoms with Gasteiger partial charge < -0.3 is 20.5 Å². The van der Waals surface area contributed by atoms with Crippen LogP contribution in [-0.2, 0) is 16.4 Å². The van der Waals surface area contributed by atoms with Crippen LogP contribution in [0.1, 0.15) is 26.2 Å². The lowest BCUT2D eigenvalue weighted by atomic mass is 9.73. The van der Waals surface area contributed by atoms with Gasteiger partial charge >= 0.3 is 5.69 Å². The number of fused-ring (bicyclic) bond motifs is 1. The molecule has 0 unspecified atom stereocenters. The Kier molecular flexibility index (Phi) is 9.88. The van der Waals surface area contributed by atoms with Crippen LogP contribution in [0.2, 0.25) is 5.02 Å². The van der Waals surface area contributed by atoms with Crippen molar-refractivity contribution in [3.8, 4) is 5.69 Å². The molecule has 1 aliphatic carbocycles. The third-order valence-corrected chi connectivity index (χ3v) is 12.8. The number of hydrogen-bond donors (Lipinski definition) is 2. The molecule has 0 radical (unpaired) electrons. The van der Waals surface area contributed by atoms with E-state index < -0.39 is 7.14 Å². The fraction of sp³-hybridized carbons (Fsp3) is 0.364. The van der Waals surface area contributed by atoms with Crippen LogP contribution >= 0.6 is 42.9 Å². The summed E-state index contributed by atoms with van der Waals surface area (Å²) in [5.74, 6) is 1.48. The first kappa shape index (κ1) is 36.0. The van der Waals surface area contributed by atoms with Gasteiger partial charge in [0.25, 0.3) is 0 Å². The van der Waals surface area contributed by atoms with E-state index in [4.69, 9.17) is 17.3 Å². The molecule has 1 saturated heterocycles. The molecular formula is C33H37Cl2N10O3PS. The summed E-state index contributed by atoms with van der Waals surface area (Å²) in [4.78, 5) is 51.4. The van der Waals surface area contributed by atoms with E-state index in [-0.39, 0.29) is 47.2 Å². The highest BCUT2D eigenvalue weighted by Crippen LogP contribution is 2.47. The molecule has 3 N–H and O–H groups in total. The number of imidazole rings is 1. The Morgan fingerprint density at radius 2 is 1.78 bits per heavy atom. The zero-order valence-corrected chi connectivity index (χ0v) is 31.2. The largest absolute Gasteiger partial charge is 0.355 e. The number of anilines is 3. The summed E-state index contributed by atoms with van der Waals surface area (Å²) >= 11 is 8.16. The van der Waals surface area contributed by atoms with Gasteiger partial charge in [0.15, 0.2) is 11.5 Å². The van der Waals surface area contributed by atoms with Crippen LogP contribution in [0.3, 0.4) is 0 Å². The molecule has 0 amide bonds. The van der Waals surface area contributed by atoms with Crippen molar-refractivity contribution in [1.29, 1.82) is 0 Å². The number of aryl methyl sites for hydroxylation is 1. The topological polar surface area (TPSA) is 167 Å². The molecule has 1 saturated carbocycles. The first-order valence-corrected chi connectivity index (χ1v) is 19.7. The van der Waals surface area contributed by atoms with Crippen LogP contribution in [0.5, 0.6) is 0 Å². The van der Waals surface area contributed by atoms with Gasteiger partial charge in [-0.3, -0.25) is 9.36 Å². The molecule has 0 bridgehead atoms. The van der Waals surface area contributed by atoms with Gasteiger partial charge in [0.2, 0.25) is 5.95 Å². The van der Waals surface area contributed by atoms with Crippen LogP contribution < -0.4 is 26.9 Å². The molecule has 50 heavy (non-hydrogen) atoms. The number of nitrogens with one attached hydrogen (secondary N) is 1. The second-order valence-electron chi connectivity index (χ2n) is 13.1. The highest BCUT2D eigenvalue weighted by Gasteiger charge is 2.50. The number of halogens is 2. The van der Waals surface area contributed by atoms with Crippen molar-refractivity contribution in [3.05, 3.63) is 70.6 Å². The number of nitrogens with two attached hydrogens (primary N) is 1. The summed E-state index contributed by atoms with van der Waals surface area (Å²) in [7, 11) is -1.08. The van der Waals surface area contributed by atoms with E-state index >= 15 is 0 Å². The fourth-order valence-corrected chi connectivity index (χ4v) is 9.08. The third-order valence-electron chi connectivity index (χ3n) is 9.78. The van der Waals surface area contributed by atoms with E-state index in [1.165, 1.54) is 20.9 Å². The van der Waals surface area contributed by atoms with Gasteiger partial charge in [0.1, 0.15) is 29.3 Å². The Morgan fingerprint density at radius 1 is 1.04 bits per heavy atom. The van der Waals surface area contributed by atoms with Crippen LogP contribution in [0.4, 0.5) is 17.6 Å². The minimum Gasteiger partial charge on any atom is -0.355 e. The zero-order chi connectivity index (χ0) is 34.7. The lowest BCUT2D eigenvalue weighted by Crippen LogP contribution is -2.48. The van der Waals surface area contributed by atoms with Gasteiger partial charge in [0, 0.05) is 54.9 Å². The average molecular weight is 756 g/mol. The second-order valence-corrected chi connectivity index (χ2v) is 17.8. The molecule has 5 heterocycles. The van der Waals surface area contributed by atoms with Crippen LogP contribution in [0.15, 0.2) is 69.8 Å². The Hall–Kier alpha value is -3.81. The SMILES string of the molecule is C[C@@H]1C(=O)CC2(CCN(c3cnc(Sc4ccnc(Nc5ncc6c(n5)n(-c5ccccc5P(C)(C)=O)c(=O)n6C)c4Cl)cn3)CC2)[C@H]1N.Cl. The molecule has 1 aromatic carbocycles. The number of nitrogens with zero attached hydrogens (tertiary/aromatic N) is 8. The molecule has 13 nitrogen and oxygen atoms in total. The van der Waals surface area contributed by atoms with E-state index in [1.807, 2.05) is 6.92 Å². The van der Waals surface area contributed by atoms with Crippen molar-refractivity contribution in [3.63, 3.8) is 0 Å². The number of benzene rings is 1. The predicted molar refractivity (Wildman–Crippen MR) is 200 cm³/mol. The first-order chi connectivity index (χ1) is 23.4. The maximum Gasteiger partial charge on any atom is 0.334 e. The number of rotatable bonds is 7. The minimum absolute atomic E-state index is 0. The van der Waals surface area contributed by atoms with Crippen molar-refractivity contribution in [2.45, 2.75) is 42.1 Å². The standard InChI is InChI=1S/C33H36ClN10O3PS.ClH/c1-19-22(45)15-33(28(19)35)10-13-43(14-11-33)25-17-38-26(18-37-25)49-24-9-12-36-29(27(24)34)40-31-39-16-21-30(41-31)44(32(46)42(21)2)20-7-5-6-8-23(20)48(3,4)47;/h5-9,12,16-19,28H,10-11,13-15,35H2,1-4H3,(H,36,39,40,41);1H/t19-,28+;/m1./s1. The highest BCUT2D eigenvalue weighted by atomic mass is 35.5. The van der Waals surface area contributed by atoms with Gasteiger partial charge in [-0.2, -0.15) is 4.98 Å². The fourth-order valence-electron chi connectivity index (χ4n) is 6.88.